The number of fused-ring (bicyclic) bond motifs is 2. The largest absolute Gasteiger partial charge is 0.488 e. The number of hydrogen-bond donors (Lipinski definition) is 4. The van der Waals surface area contributed by atoms with Gasteiger partial charge >= 0.3 is 5.63 Å². The number of aromatic nitrogens is 2. The second-order valence-corrected chi connectivity index (χ2v) is 11.2. The summed E-state index contributed by atoms with van der Waals surface area (Å²) in [7, 11) is 0. The van der Waals surface area contributed by atoms with Crippen LogP contribution in [0.4, 0.5) is 0 Å². The molecule has 2 heterocycles. The molecular formula is C35H30ClN3O7. The number of hydrogen-bond acceptors (Lipinski definition) is 10. The van der Waals surface area contributed by atoms with Gasteiger partial charge in [0.1, 0.15) is 24.3 Å². The van der Waals surface area contributed by atoms with Gasteiger partial charge in [-0.3, -0.25) is 0 Å². The van der Waals surface area contributed by atoms with Crippen molar-refractivity contribution >= 4 is 33.5 Å². The van der Waals surface area contributed by atoms with Crippen LogP contribution in [0.2, 0.25) is 5.02 Å². The molecule has 0 aliphatic rings. The van der Waals surface area contributed by atoms with E-state index in [2.05, 4.69) is 15.3 Å². The number of para-hydroxylation sites is 1. The summed E-state index contributed by atoms with van der Waals surface area (Å²) >= 11 is 6.74. The maximum atomic E-state index is 11.7. The van der Waals surface area contributed by atoms with Gasteiger partial charge in [0.25, 0.3) is 0 Å². The number of nitrogens with zero attached hydrogens (tertiary/aromatic N) is 2. The van der Waals surface area contributed by atoms with Gasteiger partial charge in [-0.2, -0.15) is 0 Å². The second-order valence-electron chi connectivity index (χ2n) is 10.8. The summed E-state index contributed by atoms with van der Waals surface area (Å²) in [5.41, 5.74) is 2.60. The summed E-state index contributed by atoms with van der Waals surface area (Å²) in [6.07, 6.45) is 1.43. The summed E-state index contributed by atoms with van der Waals surface area (Å²) in [6.45, 7) is -1.32. The predicted octanol–water partition coefficient (Wildman–Crippen LogP) is 5.23. The van der Waals surface area contributed by atoms with Gasteiger partial charge < -0.3 is 34.5 Å². The van der Waals surface area contributed by atoms with E-state index in [0.717, 1.165) is 22.1 Å². The molecule has 0 unspecified atom stereocenters. The summed E-state index contributed by atoms with van der Waals surface area (Å²) in [5, 5.41) is 34.2. The highest BCUT2D eigenvalue weighted by atomic mass is 35.5. The molecule has 0 amide bonds. The smallest absolute Gasteiger partial charge is 0.336 e. The number of ether oxygens (including phenoxy) is 2. The highest BCUT2D eigenvalue weighted by Crippen LogP contribution is 2.39. The van der Waals surface area contributed by atoms with Crippen LogP contribution < -0.4 is 20.4 Å². The predicted molar refractivity (Wildman–Crippen MR) is 174 cm³/mol. The number of rotatable bonds is 12. The molecule has 46 heavy (non-hydrogen) atoms. The van der Waals surface area contributed by atoms with E-state index in [0.29, 0.717) is 33.7 Å². The van der Waals surface area contributed by atoms with Crippen LogP contribution in [-0.4, -0.2) is 50.6 Å². The van der Waals surface area contributed by atoms with E-state index in [1.165, 1.54) is 12.4 Å². The molecule has 0 saturated carbocycles. The first-order chi connectivity index (χ1) is 22.4. The molecule has 0 aliphatic carbocycles. The van der Waals surface area contributed by atoms with E-state index in [9.17, 15) is 20.1 Å². The molecule has 0 atom stereocenters. The summed E-state index contributed by atoms with van der Waals surface area (Å²) < 4.78 is 17.9. The van der Waals surface area contributed by atoms with Crippen LogP contribution in [-0.2, 0) is 13.2 Å². The monoisotopic (exact) mass is 639 g/mol. The molecule has 0 bridgehead atoms. The van der Waals surface area contributed by atoms with E-state index in [-0.39, 0.29) is 23.9 Å². The number of halogens is 1. The second kappa shape index (κ2) is 13.7. The van der Waals surface area contributed by atoms with Crippen LogP contribution in [0.3, 0.4) is 0 Å². The normalized spacial score (nSPS) is 11.7. The Hall–Kier alpha value is -4.84. The molecule has 234 valence electrons. The van der Waals surface area contributed by atoms with Crippen LogP contribution >= 0.6 is 11.6 Å². The molecule has 2 aromatic heterocycles. The van der Waals surface area contributed by atoms with Gasteiger partial charge in [-0.25, -0.2) is 14.8 Å². The molecule has 10 nitrogen and oxygen atoms in total. The number of nitrogens with one attached hydrogen (secondary N) is 1. The Balaban J connectivity index is 1.35. The van der Waals surface area contributed by atoms with Gasteiger partial charge in [0.2, 0.25) is 5.88 Å². The van der Waals surface area contributed by atoms with Crippen molar-refractivity contribution in [2.75, 3.05) is 19.8 Å². The first-order valence-corrected chi connectivity index (χ1v) is 14.8. The molecule has 0 fully saturated rings. The summed E-state index contributed by atoms with van der Waals surface area (Å²) in [4.78, 5) is 20.7. The van der Waals surface area contributed by atoms with Crippen LogP contribution in [0.1, 0.15) is 11.1 Å². The zero-order valence-corrected chi connectivity index (χ0v) is 25.3. The molecule has 0 saturated heterocycles. The molecule has 0 aliphatic heterocycles. The molecular weight excluding hydrogens is 610 g/mol. The molecule has 6 rings (SSSR count). The zero-order valence-electron chi connectivity index (χ0n) is 24.5. The summed E-state index contributed by atoms with van der Waals surface area (Å²) in [6, 6.07) is 27.4. The molecule has 6 aromatic rings. The highest BCUT2D eigenvalue weighted by Gasteiger charge is 2.28. The van der Waals surface area contributed by atoms with E-state index in [1.807, 2.05) is 60.7 Å². The number of benzene rings is 4. The van der Waals surface area contributed by atoms with Crippen LogP contribution in [0.15, 0.2) is 107 Å². The fraction of sp³-hybridized carbons (Fsp3) is 0.171. The van der Waals surface area contributed by atoms with Crippen molar-refractivity contribution < 1.29 is 29.2 Å². The average molecular weight is 640 g/mol. The van der Waals surface area contributed by atoms with Crippen molar-refractivity contribution in [1.82, 2.24) is 15.3 Å². The maximum Gasteiger partial charge on any atom is 0.336 e. The zero-order chi connectivity index (χ0) is 32.1. The third-order valence-electron chi connectivity index (χ3n) is 7.68. The average Bonchev–Trinajstić information content (AvgIpc) is 3.09. The third kappa shape index (κ3) is 6.57. The lowest BCUT2D eigenvalue weighted by molar-refractivity contribution is 0.0412. The topological polar surface area (TPSA) is 147 Å². The van der Waals surface area contributed by atoms with E-state index < -0.39 is 31.0 Å². The SMILES string of the molecule is O=c1ccc2ccc(COc3cc(Oc4ncnc5c(-c6ccccc6)cccc45)c(Cl)cc3CNC(CO)(CO)CO)cc2o1. The Kier molecular flexibility index (Phi) is 9.25. The Morgan fingerprint density at radius 1 is 0.848 bits per heavy atom. The fourth-order valence-corrected chi connectivity index (χ4v) is 5.21. The standard InChI is InChI=1S/C35H30ClN3O7/c36-28-14-25(16-39-35(18-40,19-41)20-42)29(44-17-22-9-10-24-11-12-32(43)45-30(24)13-22)15-31(28)46-34-27-8-4-7-26(33(27)37-21-38-34)23-5-2-1-3-6-23/h1-15,21,39-42H,16-20H2. The minimum atomic E-state index is -1.33. The van der Waals surface area contributed by atoms with E-state index in [4.69, 9.17) is 25.5 Å². The van der Waals surface area contributed by atoms with Crippen molar-refractivity contribution in [1.29, 1.82) is 0 Å². The van der Waals surface area contributed by atoms with E-state index in [1.54, 1.807) is 24.3 Å². The van der Waals surface area contributed by atoms with E-state index >= 15 is 0 Å². The van der Waals surface area contributed by atoms with Crippen molar-refractivity contribution in [2.45, 2.75) is 18.7 Å². The van der Waals surface area contributed by atoms with Crippen molar-refractivity contribution in [3.05, 3.63) is 124 Å². The number of aliphatic hydroxyl groups excluding tert-OH is 3. The fourth-order valence-electron chi connectivity index (χ4n) is 4.98. The van der Waals surface area contributed by atoms with Gasteiger partial charge in [0.15, 0.2) is 5.75 Å². The Labute approximate surface area is 268 Å². The lowest BCUT2D eigenvalue weighted by Crippen LogP contribution is -2.54. The lowest BCUT2D eigenvalue weighted by Gasteiger charge is -2.29. The Bertz CT molecular complexity index is 2040. The number of aliphatic hydroxyl groups is 3. The first-order valence-electron chi connectivity index (χ1n) is 14.4. The van der Waals surface area contributed by atoms with Crippen molar-refractivity contribution in [3.63, 3.8) is 0 Å². The molecule has 0 spiro atoms. The van der Waals surface area contributed by atoms with Crippen LogP contribution in [0, 0.1) is 0 Å². The van der Waals surface area contributed by atoms with Gasteiger partial charge in [0, 0.05) is 35.2 Å². The molecule has 4 aromatic carbocycles. The third-order valence-corrected chi connectivity index (χ3v) is 7.97. The maximum absolute atomic E-state index is 11.7. The Morgan fingerprint density at radius 2 is 1.63 bits per heavy atom. The van der Waals surface area contributed by atoms with Crippen molar-refractivity contribution in [3.8, 4) is 28.5 Å². The van der Waals surface area contributed by atoms with Gasteiger partial charge in [-0.1, -0.05) is 66.2 Å². The minimum absolute atomic E-state index is 0.0838. The van der Waals surface area contributed by atoms with Crippen LogP contribution in [0.5, 0.6) is 17.4 Å². The van der Waals surface area contributed by atoms with Gasteiger partial charge in [-0.05, 0) is 35.4 Å². The van der Waals surface area contributed by atoms with Crippen LogP contribution in [0.25, 0.3) is 33.0 Å². The quantitative estimate of drug-likeness (QED) is 0.131. The first kappa shape index (κ1) is 31.2. The minimum Gasteiger partial charge on any atom is -0.488 e. The molecule has 11 heteroatoms. The molecule has 0 radical (unpaired) electrons. The van der Waals surface area contributed by atoms with Crippen molar-refractivity contribution in [2.24, 2.45) is 0 Å². The lowest BCUT2D eigenvalue weighted by atomic mass is 10.0. The highest BCUT2D eigenvalue weighted by molar-refractivity contribution is 6.32. The molecule has 4 N–H and O–H groups in total. The Morgan fingerprint density at radius 3 is 2.41 bits per heavy atom. The summed E-state index contributed by atoms with van der Waals surface area (Å²) in [5.74, 6) is 0.950. The van der Waals surface area contributed by atoms with Gasteiger partial charge in [0.05, 0.1) is 41.3 Å². The van der Waals surface area contributed by atoms with Gasteiger partial charge in [-0.15, -0.1) is 0 Å².